The number of carboxylic acids is 1. The molecule has 9 heteroatoms. The van der Waals surface area contributed by atoms with Crippen molar-refractivity contribution in [1.29, 1.82) is 0 Å². The molecule has 1 fully saturated rings. The molecule has 0 spiro atoms. The zero-order chi connectivity index (χ0) is 25.9. The van der Waals surface area contributed by atoms with Crippen LogP contribution < -0.4 is 10.7 Å². The van der Waals surface area contributed by atoms with E-state index in [0.29, 0.717) is 13.0 Å². The summed E-state index contributed by atoms with van der Waals surface area (Å²) in [6, 6.07) is 14.6. The fourth-order valence-electron chi connectivity index (χ4n) is 4.92. The molecular weight excluding hydrogens is 462 g/mol. The van der Waals surface area contributed by atoms with Crippen molar-refractivity contribution in [2.24, 2.45) is 0 Å². The third-order valence-electron chi connectivity index (χ3n) is 6.45. The second-order valence-electron chi connectivity index (χ2n) is 10.2. The van der Waals surface area contributed by atoms with Gasteiger partial charge in [0.15, 0.2) is 0 Å². The lowest BCUT2D eigenvalue weighted by molar-refractivity contribution is -0.139. The van der Waals surface area contributed by atoms with E-state index < -0.39 is 29.8 Å². The van der Waals surface area contributed by atoms with E-state index in [1.54, 1.807) is 25.8 Å². The molecule has 1 aliphatic carbocycles. The smallest absolute Gasteiger partial charge is 0.422 e. The Hall–Kier alpha value is -3.59. The molecule has 0 saturated carbocycles. The topological polar surface area (TPSA) is 117 Å². The van der Waals surface area contributed by atoms with Gasteiger partial charge >= 0.3 is 18.2 Å². The summed E-state index contributed by atoms with van der Waals surface area (Å²) in [6.45, 7) is 5.98. The second kappa shape index (κ2) is 10.6. The van der Waals surface area contributed by atoms with Gasteiger partial charge in [-0.25, -0.2) is 19.4 Å². The zero-order valence-electron chi connectivity index (χ0n) is 20.8. The van der Waals surface area contributed by atoms with Gasteiger partial charge in [-0.05, 0) is 62.3 Å². The summed E-state index contributed by atoms with van der Waals surface area (Å²) in [5.74, 6) is -1.28. The Kier molecular flexibility index (Phi) is 7.49. The van der Waals surface area contributed by atoms with Crippen molar-refractivity contribution < 1.29 is 29.0 Å². The van der Waals surface area contributed by atoms with Crippen LogP contribution in [0, 0.1) is 0 Å². The summed E-state index contributed by atoms with van der Waals surface area (Å²) in [7, 11) is 0. The molecule has 192 valence electrons. The van der Waals surface area contributed by atoms with Crippen molar-refractivity contribution in [3.8, 4) is 11.1 Å². The van der Waals surface area contributed by atoms with E-state index >= 15 is 0 Å². The number of rotatable bonds is 7. The first-order valence-electron chi connectivity index (χ1n) is 12.2. The molecular formula is C27H33N3O6. The van der Waals surface area contributed by atoms with Crippen LogP contribution in [-0.2, 0) is 14.3 Å². The standard InChI is InChI=1S/C27H33N3O6/c1-27(2,3)36-26(34)29-30-14-8-9-17(30)15-23(24(31)32)28-25(33)35-16-22-20-12-6-4-10-18(20)19-11-5-7-13-21(19)22/h4-7,10-13,17,22-23H,8-9,14-16H2,1-3H3,(H,28,33)(H,29,34)(H,31,32)/t17-,23-/m1/s1. The van der Waals surface area contributed by atoms with Crippen LogP contribution in [0.25, 0.3) is 11.1 Å². The highest BCUT2D eigenvalue weighted by Crippen LogP contribution is 2.44. The number of nitrogens with one attached hydrogen (secondary N) is 2. The fraction of sp³-hybridized carbons (Fsp3) is 0.444. The lowest BCUT2D eigenvalue weighted by Gasteiger charge is -2.28. The van der Waals surface area contributed by atoms with Gasteiger partial charge in [0.2, 0.25) is 0 Å². The Morgan fingerprint density at radius 1 is 1.03 bits per heavy atom. The number of ether oxygens (including phenoxy) is 2. The second-order valence-corrected chi connectivity index (χ2v) is 10.2. The molecule has 0 radical (unpaired) electrons. The lowest BCUT2D eigenvalue weighted by Crippen LogP contribution is -2.51. The normalized spacial score (nSPS) is 18.1. The van der Waals surface area contributed by atoms with E-state index in [9.17, 15) is 19.5 Å². The summed E-state index contributed by atoms with van der Waals surface area (Å²) in [6.07, 6.45) is 0.221. The number of aliphatic carboxylic acids is 1. The van der Waals surface area contributed by atoms with E-state index in [1.165, 1.54) is 0 Å². The van der Waals surface area contributed by atoms with Crippen molar-refractivity contribution in [2.75, 3.05) is 13.2 Å². The quantitative estimate of drug-likeness (QED) is 0.525. The van der Waals surface area contributed by atoms with Crippen molar-refractivity contribution in [3.63, 3.8) is 0 Å². The minimum Gasteiger partial charge on any atom is -0.480 e. The lowest BCUT2D eigenvalue weighted by atomic mass is 9.98. The molecule has 0 aromatic heterocycles. The molecule has 36 heavy (non-hydrogen) atoms. The number of fused-ring (bicyclic) bond motifs is 3. The number of nitrogens with zero attached hydrogens (tertiary/aromatic N) is 1. The first kappa shape index (κ1) is 25.5. The largest absolute Gasteiger partial charge is 0.480 e. The maximum Gasteiger partial charge on any atom is 0.422 e. The van der Waals surface area contributed by atoms with Gasteiger partial charge in [-0.2, -0.15) is 0 Å². The molecule has 2 aliphatic rings. The third kappa shape index (κ3) is 5.96. The molecule has 2 atom stereocenters. The van der Waals surface area contributed by atoms with Gasteiger partial charge in [-0.1, -0.05) is 48.5 Å². The Balaban J connectivity index is 1.35. The van der Waals surface area contributed by atoms with Gasteiger partial charge in [0.25, 0.3) is 0 Å². The van der Waals surface area contributed by atoms with Crippen molar-refractivity contribution in [2.45, 2.75) is 63.6 Å². The van der Waals surface area contributed by atoms with Gasteiger partial charge < -0.3 is 19.9 Å². The van der Waals surface area contributed by atoms with E-state index in [-0.39, 0.29) is 25.0 Å². The Bertz CT molecular complexity index is 1080. The van der Waals surface area contributed by atoms with Crippen LogP contribution in [0.1, 0.15) is 57.1 Å². The Morgan fingerprint density at radius 2 is 1.64 bits per heavy atom. The molecule has 3 N–H and O–H groups in total. The van der Waals surface area contributed by atoms with Crippen LogP contribution in [-0.4, -0.2) is 59.1 Å². The number of carboxylic acid groups (broad SMARTS) is 1. The summed E-state index contributed by atoms with van der Waals surface area (Å²) >= 11 is 0. The van der Waals surface area contributed by atoms with E-state index in [4.69, 9.17) is 9.47 Å². The molecule has 1 aliphatic heterocycles. The summed E-state index contributed by atoms with van der Waals surface area (Å²) < 4.78 is 10.8. The Labute approximate surface area is 210 Å². The number of benzene rings is 2. The molecule has 2 amide bonds. The minimum atomic E-state index is -1.16. The number of amides is 2. The van der Waals surface area contributed by atoms with Gasteiger partial charge in [0.1, 0.15) is 18.2 Å². The highest BCUT2D eigenvalue weighted by atomic mass is 16.6. The SMILES string of the molecule is CC(C)(C)OC(=O)NN1CCC[C@@H]1C[C@@H](NC(=O)OCC1c2ccccc2-c2ccccc21)C(=O)O. The van der Waals surface area contributed by atoms with Gasteiger partial charge in [0, 0.05) is 18.5 Å². The molecule has 0 unspecified atom stereocenters. The van der Waals surface area contributed by atoms with Crippen LogP contribution in [0.2, 0.25) is 0 Å². The molecule has 9 nitrogen and oxygen atoms in total. The molecule has 4 rings (SSSR count). The number of hydrogen-bond acceptors (Lipinski definition) is 6. The molecule has 2 aromatic rings. The van der Waals surface area contributed by atoms with Gasteiger partial charge in [0.05, 0.1) is 0 Å². The maximum atomic E-state index is 12.6. The van der Waals surface area contributed by atoms with Crippen molar-refractivity contribution in [1.82, 2.24) is 15.8 Å². The predicted octanol–water partition coefficient (Wildman–Crippen LogP) is 4.27. The first-order chi connectivity index (χ1) is 17.1. The third-order valence-corrected chi connectivity index (χ3v) is 6.45. The number of alkyl carbamates (subject to hydrolysis) is 1. The average molecular weight is 496 g/mol. The number of carbonyl (C=O) groups is 3. The molecule has 1 saturated heterocycles. The summed E-state index contributed by atoms with van der Waals surface area (Å²) in [5.41, 5.74) is 6.44. The van der Waals surface area contributed by atoms with Gasteiger partial charge in [-0.15, -0.1) is 0 Å². The number of hydrazine groups is 1. The van der Waals surface area contributed by atoms with Crippen LogP contribution in [0.15, 0.2) is 48.5 Å². The maximum absolute atomic E-state index is 12.6. The van der Waals surface area contributed by atoms with Gasteiger partial charge in [-0.3, -0.25) is 5.43 Å². The van der Waals surface area contributed by atoms with E-state index in [2.05, 4.69) is 10.7 Å². The average Bonchev–Trinajstić information content (AvgIpc) is 3.37. The molecule has 1 heterocycles. The van der Waals surface area contributed by atoms with Crippen LogP contribution >= 0.6 is 0 Å². The van der Waals surface area contributed by atoms with Crippen molar-refractivity contribution >= 4 is 18.2 Å². The predicted molar refractivity (Wildman–Crippen MR) is 133 cm³/mol. The highest BCUT2D eigenvalue weighted by molar-refractivity contribution is 5.81. The number of hydrogen-bond donors (Lipinski definition) is 3. The molecule has 0 bridgehead atoms. The van der Waals surface area contributed by atoms with Crippen LogP contribution in [0.3, 0.4) is 0 Å². The van der Waals surface area contributed by atoms with E-state index in [1.807, 2.05) is 48.5 Å². The first-order valence-corrected chi connectivity index (χ1v) is 12.2. The molecule has 2 aromatic carbocycles. The highest BCUT2D eigenvalue weighted by Gasteiger charge is 2.34. The summed E-state index contributed by atoms with van der Waals surface area (Å²) in [4.78, 5) is 36.7. The van der Waals surface area contributed by atoms with Crippen LogP contribution in [0.5, 0.6) is 0 Å². The van der Waals surface area contributed by atoms with Crippen molar-refractivity contribution in [3.05, 3.63) is 59.7 Å². The van der Waals surface area contributed by atoms with Crippen LogP contribution in [0.4, 0.5) is 9.59 Å². The summed E-state index contributed by atoms with van der Waals surface area (Å²) in [5, 5.41) is 13.9. The fourth-order valence-corrected chi connectivity index (χ4v) is 4.92. The monoisotopic (exact) mass is 495 g/mol. The number of carbonyl (C=O) groups excluding carboxylic acids is 2. The minimum absolute atomic E-state index is 0.0992. The van der Waals surface area contributed by atoms with E-state index in [0.717, 1.165) is 28.7 Å². The zero-order valence-corrected chi connectivity index (χ0v) is 20.8. The Morgan fingerprint density at radius 3 is 2.22 bits per heavy atom.